The van der Waals surface area contributed by atoms with Gasteiger partial charge in [0.05, 0.1) is 7.11 Å². The fourth-order valence-electron chi connectivity index (χ4n) is 3.17. The summed E-state index contributed by atoms with van der Waals surface area (Å²) in [5.41, 5.74) is 1.15. The van der Waals surface area contributed by atoms with Crippen molar-refractivity contribution < 1.29 is 28.6 Å². The fraction of sp³-hybridized carbons (Fsp3) is 0.318. The van der Waals surface area contributed by atoms with E-state index in [0.717, 1.165) is 12.0 Å². The third kappa shape index (κ3) is 4.57. The molecule has 146 valence electrons. The van der Waals surface area contributed by atoms with Gasteiger partial charge in [-0.1, -0.05) is 42.5 Å². The summed E-state index contributed by atoms with van der Waals surface area (Å²) >= 11 is 0. The van der Waals surface area contributed by atoms with Crippen LogP contribution >= 0.6 is 0 Å². The minimum atomic E-state index is -1.41. The van der Waals surface area contributed by atoms with Gasteiger partial charge >= 0.3 is 5.97 Å². The van der Waals surface area contributed by atoms with E-state index in [9.17, 15) is 14.4 Å². The Kier molecular flexibility index (Phi) is 6.42. The highest BCUT2D eigenvalue weighted by atomic mass is 16.6. The predicted molar refractivity (Wildman–Crippen MR) is 101 cm³/mol. The number of cyclic esters (lactones) is 1. The second-order valence-electron chi connectivity index (χ2n) is 6.54. The van der Waals surface area contributed by atoms with Crippen molar-refractivity contribution in [1.82, 2.24) is 0 Å². The topological polar surface area (TPSA) is 78.9 Å². The molecule has 1 saturated heterocycles. The van der Waals surface area contributed by atoms with Crippen LogP contribution in [0.3, 0.4) is 0 Å². The Morgan fingerprint density at radius 2 is 1.68 bits per heavy atom. The zero-order valence-corrected chi connectivity index (χ0v) is 15.6. The minimum absolute atomic E-state index is 0.372. The molecule has 2 aromatic carbocycles. The molecule has 1 heterocycles. The molecule has 28 heavy (non-hydrogen) atoms. The number of methoxy groups -OCH3 is 1. The summed E-state index contributed by atoms with van der Waals surface area (Å²) < 4.78 is 15.7. The van der Waals surface area contributed by atoms with E-state index in [2.05, 4.69) is 0 Å². The van der Waals surface area contributed by atoms with E-state index < -0.39 is 36.2 Å². The Morgan fingerprint density at radius 1 is 1.00 bits per heavy atom. The summed E-state index contributed by atoms with van der Waals surface area (Å²) in [5, 5.41) is 0. The third-order valence-electron chi connectivity index (χ3n) is 4.63. The molecule has 1 fully saturated rings. The number of benzene rings is 2. The third-order valence-corrected chi connectivity index (χ3v) is 4.63. The Morgan fingerprint density at radius 3 is 2.39 bits per heavy atom. The number of hydrogen-bond acceptors (Lipinski definition) is 6. The molecule has 6 nitrogen and oxygen atoms in total. The molecule has 0 bridgehead atoms. The van der Waals surface area contributed by atoms with Gasteiger partial charge in [0.25, 0.3) is 0 Å². The largest absolute Gasteiger partial charge is 0.493 e. The van der Waals surface area contributed by atoms with Gasteiger partial charge in [0, 0.05) is 0 Å². The van der Waals surface area contributed by atoms with Crippen molar-refractivity contribution in [3.8, 4) is 11.5 Å². The number of esters is 1. The number of Topliss-reactive ketones (excluding diaryl/α,β-unsaturated/α-hetero) is 2. The second kappa shape index (κ2) is 9.17. The van der Waals surface area contributed by atoms with Crippen LogP contribution in [0.25, 0.3) is 0 Å². The number of carbonyl (C=O) groups excluding carboxylic acids is 3. The summed E-state index contributed by atoms with van der Waals surface area (Å²) in [5.74, 6) is -2.44. The Labute approximate surface area is 163 Å². The fourth-order valence-corrected chi connectivity index (χ4v) is 3.17. The molecule has 2 unspecified atom stereocenters. The summed E-state index contributed by atoms with van der Waals surface area (Å²) in [6, 6.07) is 16.7. The van der Waals surface area contributed by atoms with Gasteiger partial charge in [-0.3, -0.25) is 14.4 Å². The number of ether oxygens (including phenoxy) is 3. The second-order valence-corrected chi connectivity index (χ2v) is 6.54. The SMILES string of the molecule is COc1ccccc1OCC(=O)C1C(=O)OC(CCCc2ccccc2)C1=O. The molecule has 0 saturated carbocycles. The monoisotopic (exact) mass is 382 g/mol. The van der Waals surface area contributed by atoms with Gasteiger partial charge in [0.1, 0.15) is 6.61 Å². The van der Waals surface area contributed by atoms with Crippen molar-refractivity contribution in [2.75, 3.05) is 13.7 Å². The quantitative estimate of drug-likeness (QED) is 0.490. The minimum Gasteiger partial charge on any atom is -0.493 e. The molecule has 0 N–H and O–H groups in total. The van der Waals surface area contributed by atoms with Crippen LogP contribution in [0.15, 0.2) is 54.6 Å². The lowest BCUT2D eigenvalue weighted by molar-refractivity contribution is -0.147. The maximum Gasteiger partial charge on any atom is 0.325 e. The van der Waals surface area contributed by atoms with Crippen LogP contribution in [0, 0.1) is 5.92 Å². The van der Waals surface area contributed by atoms with Crippen LogP contribution in [-0.2, 0) is 25.5 Å². The highest BCUT2D eigenvalue weighted by Gasteiger charge is 2.47. The van der Waals surface area contributed by atoms with Crippen LogP contribution in [0.5, 0.6) is 11.5 Å². The van der Waals surface area contributed by atoms with Crippen molar-refractivity contribution in [3.05, 3.63) is 60.2 Å². The van der Waals surface area contributed by atoms with Gasteiger partial charge in [-0.2, -0.15) is 0 Å². The number of para-hydroxylation sites is 2. The van der Waals surface area contributed by atoms with Crippen molar-refractivity contribution in [2.45, 2.75) is 25.4 Å². The van der Waals surface area contributed by atoms with Crippen molar-refractivity contribution in [2.24, 2.45) is 5.92 Å². The van der Waals surface area contributed by atoms with Crippen LogP contribution in [-0.4, -0.2) is 37.4 Å². The Bertz CT molecular complexity index is 845. The average Bonchev–Trinajstić information content (AvgIpc) is 3.00. The Balaban J connectivity index is 1.53. The molecule has 3 rings (SSSR count). The van der Waals surface area contributed by atoms with Crippen LogP contribution in [0.1, 0.15) is 18.4 Å². The zero-order chi connectivity index (χ0) is 19.9. The molecule has 0 aliphatic carbocycles. The Hall–Kier alpha value is -3.15. The van der Waals surface area contributed by atoms with Crippen molar-refractivity contribution in [1.29, 1.82) is 0 Å². The smallest absolute Gasteiger partial charge is 0.325 e. The predicted octanol–water partition coefficient (Wildman–Crippen LogP) is 2.78. The molecule has 0 amide bonds. The van der Waals surface area contributed by atoms with Gasteiger partial charge in [0.2, 0.25) is 0 Å². The summed E-state index contributed by atoms with van der Waals surface area (Å²) in [6.07, 6.45) is 0.997. The normalized spacial score (nSPS) is 18.6. The molecule has 0 radical (unpaired) electrons. The first-order valence-electron chi connectivity index (χ1n) is 9.17. The molecule has 2 aromatic rings. The van der Waals surface area contributed by atoms with Gasteiger partial charge in [-0.25, -0.2) is 0 Å². The maximum atomic E-state index is 12.5. The molecule has 0 spiro atoms. The van der Waals surface area contributed by atoms with E-state index >= 15 is 0 Å². The molecule has 6 heteroatoms. The van der Waals surface area contributed by atoms with E-state index in [4.69, 9.17) is 14.2 Å². The van der Waals surface area contributed by atoms with Crippen LogP contribution in [0.2, 0.25) is 0 Å². The number of carbonyl (C=O) groups is 3. The van der Waals surface area contributed by atoms with E-state index in [1.165, 1.54) is 7.11 Å². The van der Waals surface area contributed by atoms with Gasteiger partial charge in [-0.15, -0.1) is 0 Å². The zero-order valence-electron chi connectivity index (χ0n) is 15.6. The van der Waals surface area contributed by atoms with Crippen molar-refractivity contribution >= 4 is 17.5 Å². The van der Waals surface area contributed by atoms with E-state index in [0.29, 0.717) is 24.3 Å². The number of ketones is 2. The lowest BCUT2D eigenvalue weighted by atomic mass is 9.96. The first kappa shape index (κ1) is 19.6. The van der Waals surface area contributed by atoms with E-state index in [1.807, 2.05) is 30.3 Å². The molecule has 1 aliphatic rings. The van der Waals surface area contributed by atoms with Crippen LogP contribution < -0.4 is 9.47 Å². The standard InChI is InChI=1S/C22H22O6/c1-26-17-11-5-6-12-18(17)27-14-16(23)20-21(24)19(28-22(20)25)13-7-10-15-8-3-2-4-9-15/h2-6,8-9,11-12,19-20H,7,10,13-14H2,1H3. The van der Waals surface area contributed by atoms with E-state index in [1.54, 1.807) is 24.3 Å². The first-order chi connectivity index (χ1) is 13.6. The highest BCUT2D eigenvalue weighted by molar-refractivity contribution is 6.22. The molecule has 0 aromatic heterocycles. The molecule has 2 atom stereocenters. The maximum absolute atomic E-state index is 12.5. The van der Waals surface area contributed by atoms with Gasteiger partial charge in [0.15, 0.2) is 35.1 Å². The summed E-state index contributed by atoms with van der Waals surface area (Å²) in [6.45, 7) is -0.400. The molecule has 1 aliphatic heterocycles. The summed E-state index contributed by atoms with van der Waals surface area (Å²) in [7, 11) is 1.49. The molecular formula is C22H22O6. The number of hydrogen-bond donors (Lipinski definition) is 0. The number of rotatable bonds is 9. The average molecular weight is 382 g/mol. The lowest BCUT2D eigenvalue weighted by Gasteiger charge is -2.10. The lowest BCUT2D eigenvalue weighted by Crippen LogP contribution is -2.31. The van der Waals surface area contributed by atoms with Crippen molar-refractivity contribution in [3.63, 3.8) is 0 Å². The van der Waals surface area contributed by atoms with Gasteiger partial charge < -0.3 is 14.2 Å². The number of aryl methyl sites for hydroxylation is 1. The summed E-state index contributed by atoms with van der Waals surface area (Å²) in [4.78, 5) is 36.9. The van der Waals surface area contributed by atoms with Crippen LogP contribution in [0.4, 0.5) is 0 Å². The van der Waals surface area contributed by atoms with E-state index in [-0.39, 0.29) is 0 Å². The van der Waals surface area contributed by atoms with Gasteiger partial charge in [-0.05, 0) is 37.0 Å². The highest BCUT2D eigenvalue weighted by Crippen LogP contribution is 2.27. The first-order valence-corrected chi connectivity index (χ1v) is 9.17. The molecular weight excluding hydrogens is 360 g/mol.